The van der Waals surface area contributed by atoms with Gasteiger partial charge in [0.2, 0.25) is 0 Å². The maximum Gasteiger partial charge on any atom is 0.119 e. The normalized spacial score (nSPS) is 21.5. The van der Waals surface area contributed by atoms with Gasteiger partial charge in [-0.3, -0.25) is 0 Å². The third kappa shape index (κ3) is 2.52. The number of rotatable bonds is 4. The molecule has 92 valence electrons. The van der Waals surface area contributed by atoms with Gasteiger partial charge in [0.1, 0.15) is 6.73 Å². The van der Waals surface area contributed by atoms with Gasteiger partial charge < -0.3 is 9.64 Å². The Labute approximate surface area is 104 Å². The zero-order valence-corrected chi connectivity index (χ0v) is 10.7. The Bertz CT molecular complexity index is 374. The van der Waals surface area contributed by atoms with Gasteiger partial charge in [0.25, 0.3) is 0 Å². The van der Waals surface area contributed by atoms with E-state index in [1.165, 1.54) is 11.3 Å². The van der Waals surface area contributed by atoms with Crippen LogP contribution in [0.4, 0.5) is 0 Å². The molecule has 1 aliphatic heterocycles. The molecule has 17 heavy (non-hydrogen) atoms. The summed E-state index contributed by atoms with van der Waals surface area (Å²) < 4.78 is 5.60. The van der Waals surface area contributed by atoms with Crippen molar-refractivity contribution in [2.75, 3.05) is 13.3 Å². The molecule has 2 unspecified atom stereocenters. The second-order valence-electron chi connectivity index (χ2n) is 4.66. The molecule has 2 atom stereocenters. The van der Waals surface area contributed by atoms with Crippen molar-refractivity contribution >= 4 is 0 Å². The summed E-state index contributed by atoms with van der Waals surface area (Å²) >= 11 is 0. The summed E-state index contributed by atoms with van der Waals surface area (Å²) in [6.07, 6.45) is 0.987. The number of benzene rings is 1. The van der Waals surface area contributed by atoms with Gasteiger partial charge in [-0.1, -0.05) is 50.8 Å². The zero-order valence-electron chi connectivity index (χ0n) is 10.7. The predicted molar refractivity (Wildman–Crippen MR) is 70.7 cm³/mol. The average molecular weight is 231 g/mol. The molecule has 0 radical (unpaired) electrons. The van der Waals surface area contributed by atoms with E-state index in [0.29, 0.717) is 18.7 Å². The molecule has 0 N–H and O–H groups in total. The van der Waals surface area contributed by atoms with E-state index in [9.17, 15) is 0 Å². The highest BCUT2D eigenvalue weighted by molar-refractivity contribution is 5.21. The Balaban J connectivity index is 2.13. The van der Waals surface area contributed by atoms with Gasteiger partial charge in [-0.25, -0.2) is 0 Å². The fourth-order valence-corrected chi connectivity index (χ4v) is 2.38. The van der Waals surface area contributed by atoms with E-state index in [1.807, 2.05) is 0 Å². The topological polar surface area (TPSA) is 12.5 Å². The molecule has 0 amide bonds. The van der Waals surface area contributed by atoms with E-state index in [2.05, 4.69) is 55.7 Å². The summed E-state index contributed by atoms with van der Waals surface area (Å²) in [6.45, 7) is 10.0. The van der Waals surface area contributed by atoms with Crippen LogP contribution in [0.3, 0.4) is 0 Å². The molecule has 2 nitrogen and oxygen atoms in total. The van der Waals surface area contributed by atoms with Crippen LogP contribution in [0.15, 0.2) is 42.6 Å². The minimum Gasteiger partial charge on any atom is -0.359 e. The zero-order chi connectivity index (χ0) is 12.3. The lowest BCUT2D eigenvalue weighted by molar-refractivity contribution is 0.155. The molecule has 0 spiro atoms. The van der Waals surface area contributed by atoms with Crippen molar-refractivity contribution in [3.63, 3.8) is 0 Å². The number of ether oxygens (including phenoxy) is 1. The Kier molecular flexibility index (Phi) is 3.85. The quantitative estimate of drug-likeness (QED) is 0.787. The van der Waals surface area contributed by atoms with Crippen LogP contribution in [0, 0.1) is 0 Å². The molecule has 0 aliphatic carbocycles. The summed E-state index contributed by atoms with van der Waals surface area (Å²) in [6, 6.07) is 11.1. The van der Waals surface area contributed by atoms with Gasteiger partial charge >= 0.3 is 0 Å². The third-order valence-electron chi connectivity index (χ3n) is 3.64. The van der Waals surface area contributed by atoms with Crippen molar-refractivity contribution in [2.24, 2.45) is 0 Å². The molecular formula is C15H21NO. The van der Waals surface area contributed by atoms with Crippen LogP contribution in [-0.2, 0) is 4.74 Å². The Morgan fingerprint density at radius 3 is 2.82 bits per heavy atom. The highest BCUT2D eigenvalue weighted by atomic mass is 16.5. The molecule has 1 heterocycles. The van der Waals surface area contributed by atoms with Crippen LogP contribution in [0.2, 0.25) is 0 Å². The molecule has 1 fully saturated rings. The second kappa shape index (κ2) is 5.37. The summed E-state index contributed by atoms with van der Waals surface area (Å²) in [5.74, 6) is 0.474. The van der Waals surface area contributed by atoms with E-state index in [0.717, 1.165) is 13.0 Å². The maximum atomic E-state index is 5.60. The molecule has 1 aliphatic rings. The predicted octanol–water partition coefficient (Wildman–Crippen LogP) is 3.37. The summed E-state index contributed by atoms with van der Waals surface area (Å²) in [4.78, 5) is 2.30. The molecule has 1 aromatic carbocycles. The molecular weight excluding hydrogens is 210 g/mol. The van der Waals surface area contributed by atoms with Gasteiger partial charge in [-0.05, 0) is 12.0 Å². The van der Waals surface area contributed by atoms with Crippen LogP contribution in [0.1, 0.15) is 31.7 Å². The van der Waals surface area contributed by atoms with Crippen molar-refractivity contribution in [1.29, 1.82) is 0 Å². The van der Waals surface area contributed by atoms with Crippen molar-refractivity contribution in [2.45, 2.75) is 32.2 Å². The first kappa shape index (κ1) is 12.2. The van der Waals surface area contributed by atoms with Gasteiger partial charge in [0, 0.05) is 11.6 Å². The standard InChI is InChI=1S/C15H21NO/c1-4-12(2)16-11-17-10-15(16)13(3)14-8-6-5-7-9-14/h5-9,13,15H,2,4,10-11H2,1,3H3. The van der Waals surface area contributed by atoms with Crippen LogP contribution in [0.25, 0.3) is 0 Å². The van der Waals surface area contributed by atoms with Gasteiger partial charge in [-0.15, -0.1) is 0 Å². The lowest BCUT2D eigenvalue weighted by Crippen LogP contribution is -2.34. The Morgan fingerprint density at radius 1 is 1.47 bits per heavy atom. The molecule has 0 bridgehead atoms. The van der Waals surface area contributed by atoms with Gasteiger partial charge in [0.05, 0.1) is 12.6 Å². The summed E-state index contributed by atoms with van der Waals surface area (Å²) in [5, 5.41) is 0. The first-order valence-electron chi connectivity index (χ1n) is 6.31. The average Bonchev–Trinajstić information content (AvgIpc) is 2.87. The maximum absolute atomic E-state index is 5.60. The monoisotopic (exact) mass is 231 g/mol. The molecule has 0 aromatic heterocycles. The lowest BCUT2D eigenvalue weighted by Gasteiger charge is -2.30. The van der Waals surface area contributed by atoms with E-state index >= 15 is 0 Å². The largest absolute Gasteiger partial charge is 0.359 e. The van der Waals surface area contributed by atoms with Gasteiger partial charge in [0.15, 0.2) is 0 Å². The molecule has 2 heteroatoms. The minimum atomic E-state index is 0.421. The van der Waals surface area contributed by atoms with Crippen molar-refractivity contribution < 1.29 is 4.74 Å². The second-order valence-corrected chi connectivity index (χ2v) is 4.66. The van der Waals surface area contributed by atoms with Crippen LogP contribution in [0.5, 0.6) is 0 Å². The highest BCUT2D eigenvalue weighted by Crippen LogP contribution is 2.29. The van der Waals surface area contributed by atoms with Crippen LogP contribution in [-0.4, -0.2) is 24.3 Å². The van der Waals surface area contributed by atoms with Crippen molar-refractivity contribution in [3.05, 3.63) is 48.2 Å². The number of allylic oxidation sites excluding steroid dienone is 1. The molecule has 0 saturated carbocycles. The Hall–Kier alpha value is -1.28. The number of nitrogens with zero attached hydrogens (tertiary/aromatic N) is 1. The fraction of sp³-hybridized carbons (Fsp3) is 0.467. The van der Waals surface area contributed by atoms with Crippen LogP contribution >= 0.6 is 0 Å². The smallest absolute Gasteiger partial charge is 0.119 e. The minimum absolute atomic E-state index is 0.421. The summed E-state index contributed by atoms with van der Waals surface area (Å²) in [7, 11) is 0. The Morgan fingerprint density at radius 2 is 2.18 bits per heavy atom. The lowest BCUT2D eigenvalue weighted by atomic mass is 9.93. The van der Waals surface area contributed by atoms with Crippen LogP contribution < -0.4 is 0 Å². The van der Waals surface area contributed by atoms with E-state index in [4.69, 9.17) is 4.74 Å². The molecule has 1 saturated heterocycles. The third-order valence-corrected chi connectivity index (χ3v) is 3.64. The SMILES string of the molecule is C=C(CC)N1COCC1C(C)c1ccccc1. The number of hydrogen-bond acceptors (Lipinski definition) is 2. The molecule has 1 aromatic rings. The van der Waals surface area contributed by atoms with E-state index < -0.39 is 0 Å². The molecule has 2 rings (SSSR count). The van der Waals surface area contributed by atoms with Gasteiger partial charge in [-0.2, -0.15) is 0 Å². The highest BCUT2D eigenvalue weighted by Gasteiger charge is 2.30. The first-order chi connectivity index (χ1) is 8.24. The fourth-order valence-electron chi connectivity index (χ4n) is 2.38. The number of hydrogen-bond donors (Lipinski definition) is 0. The van der Waals surface area contributed by atoms with Crippen molar-refractivity contribution in [1.82, 2.24) is 4.90 Å². The summed E-state index contributed by atoms with van der Waals surface area (Å²) in [5.41, 5.74) is 2.55. The van der Waals surface area contributed by atoms with E-state index in [1.54, 1.807) is 0 Å². The first-order valence-corrected chi connectivity index (χ1v) is 6.31. The van der Waals surface area contributed by atoms with E-state index in [-0.39, 0.29) is 0 Å². The van der Waals surface area contributed by atoms with Crippen molar-refractivity contribution in [3.8, 4) is 0 Å².